The molecule has 0 aliphatic carbocycles. The highest BCUT2D eigenvalue weighted by molar-refractivity contribution is 7.98. The van der Waals surface area contributed by atoms with Crippen LogP contribution in [0.1, 0.15) is 12.0 Å². The zero-order valence-corrected chi connectivity index (χ0v) is 17.6. The van der Waals surface area contributed by atoms with E-state index in [2.05, 4.69) is 5.32 Å². The largest absolute Gasteiger partial charge is 0.325 e. The molecule has 0 saturated carbocycles. The van der Waals surface area contributed by atoms with E-state index in [-0.39, 0.29) is 23.1 Å². The van der Waals surface area contributed by atoms with Gasteiger partial charge in [-0.05, 0) is 55.1 Å². The van der Waals surface area contributed by atoms with Gasteiger partial charge in [0.05, 0.1) is 10.8 Å². The number of amides is 2. The molecule has 2 amide bonds. The number of nitrogens with one attached hydrogen (secondary N) is 1. The van der Waals surface area contributed by atoms with Gasteiger partial charge in [0, 0.05) is 35.5 Å². The Labute approximate surface area is 169 Å². The minimum Gasteiger partial charge on any atom is -0.325 e. The number of aryl methyl sites for hydroxylation is 1. The average molecular weight is 419 g/mol. The number of benzene rings is 2. The van der Waals surface area contributed by atoms with Crippen LogP contribution in [0.3, 0.4) is 0 Å². The Bertz CT molecular complexity index is 1020. The first kappa shape index (κ1) is 20.4. The first-order valence-corrected chi connectivity index (χ1v) is 11.9. The molecule has 1 saturated heterocycles. The molecule has 2 aromatic rings. The summed E-state index contributed by atoms with van der Waals surface area (Å²) in [6, 6.07) is 12.3. The molecule has 1 heterocycles. The van der Waals surface area contributed by atoms with Gasteiger partial charge in [0.1, 0.15) is 0 Å². The van der Waals surface area contributed by atoms with E-state index in [4.69, 9.17) is 0 Å². The third-order valence-corrected chi connectivity index (χ3v) is 6.63. The minimum absolute atomic E-state index is 0.0985. The predicted molar refractivity (Wildman–Crippen MR) is 112 cm³/mol. The van der Waals surface area contributed by atoms with Crippen LogP contribution < -0.4 is 10.2 Å². The van der Waals surface area contributed by atoms with Crippen LogP contribution in [-0.4, -0.2) is 39.3 Å². The second-order valence-electron chi connectivity index (χ2n) is 6.84. The summed E-state index contributed by atoms with van der Waals surface area (Å²) in [5.74, 6) is -0.877. The molecule has 8 heteroatoms. The number of carbonyl (C=O) groups is 2. The van der Waals surface area contributed by atoms with E-state index < -0.39 is 15.8 Å². The molecule has 1 aliphatic heterocycles. The van der Waals surface area contributed by atoms with Crippen molar-refractivity contribution in [2.45, 2.75) is 23.1 Å². The second-order valence-corrected chi connectivity index (χ2v) is 9.74. The normalized spacial score (nSPS) is 17.0. The summed E-state index contributed by atoms with van der Waals surface area (Å²) in [7, 11) is -3.37. The SMILES string of the molecule is CSc1ccc(N2C[C@H](C(=O)Nc3cc(S(C)(=O)=O)ccc3C)CC2=O)cc1. The van der Waals surface area contributed by atoms with Crippen LogP contribution in [-0.2, 0) is 19.4 Å². The van der Waals surface area contributed by atoms with E-state index in [1.54, 1.807) is 29.7 Å². The minimum atomic E-state index is -3.37. The Balaban J connectivity index is 1.74. The molecule has 0 spiro atoms. The van der Waals surface area contributed by atoms with Crippen LogP contribution in [0.4, 0.5) is 11.4 Å². The van der Waals surface area contributed by atoms with Crippen LogP contribution in [0.2, 0.25) is 0 Å². The van der Waals surface area contributed by atoms with Crippen LogP contribution in [0.5, 0.6) is 0 Å². The molecule has 0 aromatic heterocycles. The fourth-order valence-corrected chi connectivity index (χ4v) is 4.15. The molecule has 0 radical (unpaired) electrons. The monoisotopic (exact) mass is 418 g/mol. The number of hydrogen-bond donors (Lipinski definition) is 1. The van der Waals surface area contributed by atoms with Crippen molar-refractivity contribution in [2.75, 3.05) is 29.3 Å². The zero-order chi connectivity index (χ0) is 20.5. The maximum atomic E-state index is 12.7. The highest BCUT2D eigenvalue weighted by Crippen LogP contribution is 2.28. The Morgan fingerprint density at radius 3 is 2.46 bits per heavy atom. The van der Waals surface area contributed by atoms with Crippen LogP contribution in [0.25, 0.3) is 0 Å². The van der Waals surface area contributed by atoms with Gasteiger partial charge in [0.2, 0.25) is 11.8 Å². The Kier molecular flexibility index (Phi) is 5.81. The molecule has 2 aromatic carbocycles. The van der Waals surface area contributed by atoms with Crippen LogP contribution in [0.15, 0.2) is 52.3 Å². The molecule has 28 heavy (non-hydrogen) atoms. The molecular formula is C20H22N2O4S2. The Hall–Kier alpha value is -2.32. The molecule has 1 atom stereocenters. The van der Waals surface area contributed by atoms with Crippen molar-refractivity contribution in [3.05, 3.63) is 48.0 Å². The second kappa shape index (κ2) is 7.97. The average Bonchev–Trinajstić information content (AvgIpc) is 3.04. The van der Waals surface area contributed by atoms with Gasteiger partial charge in [-0.25, -0.2) is 8.42 Å². The molecule has 1 aliphatic rings. The molecule has 148 valence electrons. The van der Waals surface area contributed by atoms with Gasteiger partial charge < -0.3 is 10.2 Å². The Morgan fingerprint density at radius 2 is 1.86 bits per heavy atom. The Morgan fingerprint density at radius 1 is 1.18 bits per heavy atom. The molecule has 0 unspecified atom stereocenters. The molecule has 0 bridgehead atoms. The first-order valence-electron chi connectivity index (χ1n) is 8.75. The predicted octanol–water partition coefficient (Wildman–Crippen LogP) is 3.11. The van der Waals surface area contributed by atoms with E-state index in [1.807, 2.05) is 30.5 Å². The van der Waals surface area contributed by atoms with Gasteiger partial charge in [-0.1, -0.05) is 6.07 Å². The number of thioether (sulfide) groups is 1. The lowest BCUT2D eigenvalue weighted by Gasteiger charge is -2.17. The zero-order valence-electron chi connectivity index (χ0n) is 15.9. The van der Waals surface area contributed by atoms with Crippen molar-refractivity contribution in [1.82, 2.24) is 0 Å². The van der Waals surface area contributed by atoms with Crippen molar-refractivity contribution >= 4 is 44.8 Å². The number of rotatable bonds is 5. The van der Waals surface area contributed by atoms with Crippen molar-refractivity contribution in [3.63, 3.8) is 0 Å². The summed E-state index contributed by atoms with van der Waals surface area (Å²) in [5.41, 5.74) is 1.98. The van der Waals surface area contributed by atoms with Gasteiger partial charge in [0.15, 0.2) is 9.84 Å². The molecular weight excluding hydrogens is 396 g/mol. The quantitative estimate of drug-likeness (QED) is 0.755. The van der Waals surface area contributed by atoms with E-state index in [0.717, 1.165) is 22.4 Å². The summed E-state index contributed by atoms with van der Waals surface area (Å²) >= 11 is 1.62. The lowest BCUT2D eigenvalue weighted by Crippen LogP contribution is -2.28. The van der Waals surface area contributed by atoms with Crippen LogP contribution in [0, 0.1) is 12.8 Å². The van der Waals surface area contributed by atoms with Crippen molar-refractivity contribution in [3.8, 4) is 0 Å². The molecule has 1 fully saturated rings. The lowest BCUT2D eigenvalue weighted by molar-refractivity contribution is -0.122. The van der Waals surface area contributed by atoms with Gasteiger partial charge in [-0.15, -0.1) is 11.8 Å². The van der Waals surface area contributed by atoms with Gasteiger partial charge >= 0.3 is 0 Å². The summed E-state index contributed by atoms with van der Waals surface area (Å²) < 4.78 is 23.5. The number of anilines is 2. The third kappa shape index (κ3) is 4.39. The highest BCUT2D eigenvalue weighted by Gasteiger charge is 2.35. The maximum Gasteiger partial charge on any atom is 0.229 e. The number of nitrogens with zero attached hydrogens (tertiary/aromatic N) is 1. The molecule has 3 rings (SSSR count). The van der Waals surface area contributed by atoms with E-state index in [9.17, 15) is 18.0 Å². The number of sulfone groups is 1. The molecule has 1 N–H and O–H groups in total. The van der Waals surface area contributed by atoms with E-state index in [1.165, 1.54) is 12.1 Å². The van der Waals surface area contributed by atoms with E-state index in [0.29, 0.717) is 12.2 Å². The van der Waals surface area contributed by atoms with Crippen molar-refractivity contribution < 1.29 is 18.0 Å². The lowest BCUT2D eigenvalue weighted by atomic mass is 10.1. The van der Waals surface area contributed by atoms with Crippen molar-refractivity contribution in [1.29, 1.82) is 0 Å². The maximum absolute atomic E-state index is 12.7. The fraction of sp³-hybridized carbons (Fsp3) is 0.300. The van der Waals surface area contributed by atoms with E-state index >= 15 is 0 Å². The van der Waals surface area contributed by atoms with Crippen molar-refractivity contribution in [2.24, 2.45) is 5.92 Å². The first-order chi connectivity index (χ1) is 13.2. The standard InChI is InChI=1S/C20H22N2O4S2/c1-13-4-9-17(28(3,25)26)11-18(13)21-20(24)14-10-19(23)22(12-14)15-5-7-16(27-2)8-6-15/h4-9,11,14H,10,12H2,1-3H3,(H,21,24)/t14-/m1/s1. The summed E-state index contributed by atoms with van der Waals surface area (Å²) in [6.07, 6.45) is 3.23. The number of hydrogen-bond acceptors (Lipinski definition) is 5. The summed E-state index contributed by atoms with van der Waals surface area (Å²) in [4.78, 5) is 28.0. The smallest absolute Gasteiger partial charge is 0.229 e. The van der Waals surface area contributed by atoms with Gasteiger partial charge in [-0.3, -0.25) is 9.59 Å². The molecule has 6 nitrogen and oxygen atoms in total. The van der Waals surface area contributed by atoms with Crippen LogP contribution >= 0.6 is 11.8 Å². The number of carbonyl (C=O) groups excluding carboxylic acids is 2. The highest BCUT2D eigenvalue weighted by atomic mass is 32.2. The summed E-state index contributed by atoms with van der Waals surface area (Å²) in [5, 5.41) is 2.79. The summed E-state index contributed by atoms with van der Waals surface area (Å²) in [6.45, 7) is 2.09. The van der Waals surface area contributed by atoms with Gasteiger partial charge in [-0.2, -0.15) is 0 Å². The third-order valence-electron chi connectivity index (χ3n) is 4.77. The van der Waals surface area contributed by atoms with Gasteiger partial charge in [0.25, 0.3) is 0 Å². The topological polar surface area (TPSA) is 83.6 Å². The fourth-order valence-electron chi connectivity index (χ4n) is 3.10.